The van der Waals surface area contributed by atoms with Gasteiger partial charge in [-0.1, -0.05) is 11.3 Å². The van der Waals surface area contributed by atoms with E-state index in [9.17, 15) is 4.79 Å². The Kier molecular flexibility index (Phi) is 4.04. The molecule has 4 heterocycles. The molecule has 0 aliphatic carbocycles. The minimum atomic E-state index is -0.0345. The maximum Gasteiger partial charge on any atom is 0.272 e. The van der Waals surface area contributed by atoms with Gasteiger partial charge in [0.1, 0.15) is 17.5 Å². The van der Waals surface area contributed by atoms with Gasteiger partial charge in [-0.05, 0) is 18.6 Å². The molecule has 0 bridgehead atoms. The van der Waals surface area contributed by atoms with Gasteiger partial charge in [0.25, 0.3) is 5.91 Å². The minimum Gasteiger partial charge on any atom is -0.346 e. The second-order valence-corrected chi connectivity index (χ2v) is 6.58. The van der Waals surface area contributed by atoms with Crippen LogP contribution in [0.4, 0.5) is 5.13 Å². The van der Waals surface area contributed by atoms with Crippen LogP contribution in [0.1, 0.15) is 16.9 Å². The zero-order valence-electron chi connectivity index (χ0n) is 13.0. The lowest BCUT2D eigenvalue weighted by Crippen LogP contribution is -2.35. The lowest BCUT2D eigenvalue weighted by molar-refractivity contribution is 0.0761. The molecule has 1 saturated heterocycles. The zero-order chi connectivity index (χ0) is 16.4. The van der Waals surface area contributed by atoms with E-state index < -0.39 is 0 Å². The van der Waals surface area contributed by atoms with E-state index in [4.69, 9.17) is 0 Å². The number of hydrogen-bond donors (Lipinski definition) is 0. The topological polar surface area (TPSA) is 75.1 Å². The lowest BCUT2D eigenvalue weighted by atomic mass is 10.3. The molecule has 1 amide bonds. The summed E-state index contributed by atoms with van der Waals surface area (Å²) in [6, 6.07) is 3.64. The number of anilines is 1. The number of fused-ring (bicyclic) bond motifs is 1. The van der Waals surface area contributed by atoms with E-state index in [2.05, 4.69) is 24.8 Å². The molecule has 0 radical (unpaired) electrons. The first-order valence-corrected chi connectivity index (χ1v) is 8.64. The highest BCUT2D eigenvalue weighted by atomic mass is 32.1. The van der Waals surface area contributed by atoms with E-state index in [1.807, 2.05) is 11.0 Å². The van der Waals surface area contributed by atoms with Crippen molar-refractivity contribution in [2.45, 2.75) is 6.42 Å². The molecule has 24 heavy (non-hydrogen) atoms. The molecule has 0 aromatic carbocycles. The summed E-state index contributed by atoms with van der Waals surface area (Å²) in [6.45, 7) is 3.05. The third-order valence-corrected chi connectivity index (χ3v) is 5.13. The number of amides is 1. The fourth-order valence-electron chi connectivity index (χ4n) is 2.79. The Hall–Kier alpha value is -2.61. The fourth-order valence-corrected chi connectivity index (χ4v) is 3.78. The van der Waals surface area contributed by atoms with Crippen molar-refractivity contribution < 1.29 is 4.79 Å². The number of carbonyl (C=O) groups excluding carboxylic acids is 1. The van der Waals surface area contributed by atoms with Crippen molar-refractivity contribution in [3.8, 4) is 0 Å². The van der Waals surface area contributed by atoms with Crippen molar-refractivity contribution in [2.24, 2.45) is 0 Å². The van der Waals surface area contributed by atoms with Gasteiger partial charge in [0.05, 0.1) is 10.9 Å². The second-order valence-electron chi connectivity index (χ2n) is 5.57. The van der Waals surface area contributed by atoms with Gasteiger partial charge in [-0.3, -0.25) is 9.78 Å². The Bertz CT molecular complexity index is 819. The van der Waals surface area contributed by atoms with Crippen LogP contribution in [-0.4, -0.2) is 56.9 Å². The predicted molar refractivity (Wildman–Crippen MR) is 92.2 cm³/mol. The Morgan fingerprint density at radius 1 is 1.08 bits per heavy atom. The lowest BCUT2D eigenvalue weighted by Gasteiger charge is -2.21. The van der Waals surface area contributed by atoms with E-state index in [0.29, 0.717) is 12.2 Å². The maximum absolute atomic E-state index is 12.5. The van der Waals surface area contributed by atoms with E-state index in [1.165, 1.54) is 6.33 Å². The third kappa shape index (κ3) is 2.92. The van der Waals surface area contributed by atoms with Gasteiger partial charge in [0, 0.05) is 38.6 Å². The summed E-state index contributed by atoms with van der Waals surface area (Å²) in [5.74, 6) is -0.0345. The molecule has 1 aliphatic rings. The molecule has 0 saturated carbocycles. The monoisotopic (exact) mass is 340 g/mol. The Morgan fingerprint density at radius 3 is 2.83 bits per heavy atom. The van der Waals surface area contributed by atoms with Gasteiger partial charge in [-0.25, -0.2) is 15.0 Å². The molecule has 1 aliphatic heterocycles. The summed E-state index contributed by atoms with van der Waals surface area (Å²) in [5.41, 5.74) is 1.38. The molecule has 0 unspecified atom stereocenters. The number of hydrogen-bond acceptors (Lipinski definition) is 7. The fraction of sp³-hybridized carbons (Fsp3) is 0.312. The molecule has 1 fully saturated rings. The normalized spacial score (nSPS) is 15.5. The van der Waals surface area contributed by atoms with Crippen molar-refractivity contribution in [1.82, 2.24) is 24.8 Å². The first-order chi connectivity index (χ1) is 11.8. The Balaban J connectivity index is 1.49. The molecular formula is C16H16N6OS. The predicted octanol–water partition coefficient (Wildman–Crippen LogP) is 1.83. The quantitative estimate of drug-likeness (QED) is 0.708. The van der Waals surface area contributed by atoms with Crippen LogP contribution < -0.4 is 4.90 Å². The molecule has 4 rings (SSSR count). The molecule has 8 heteroatoms. The zero-order valence-corrected chi connectivity index (χ0v) is 13.8. The molecular weight excluding hydrogens is 324 g/mol. The summed E-state index contributed by atoms with van der Waals surface area (Å²) in [4.78, 5) is 33.3. The molecule has 3 aromatic heterocycles. The number of carbonyl (C=O) groups is 1. The van der Waals surface area contributed by atoms with E-state index >= 15 is 0 Å². The summed E-state index contributed by atoms with van der Waals surface area (Å²) < 4.78 is 1.14. The van der Waals surface area contributed by atoms with Crippen molar-refractivity contribution in [2.75, 3.05) is 31.1 Å². The van der Waals surface area contributed by atoms with Crippen LogP contribution in [0, 0.1) is 0 Å². The van der Waals surface area contributed by atoms with Crippen molar-refractivity contribution in [3.63, 3.8) is 0 Å². The average Bonchev–Trinajstić information content (AvgIpc) is 2.91. The summed E-state index contributed by atoms with van der Waals surface area (Å²) in [7, 11) is 0. The van der Waals surface area contributed by atoms with Crippen LogP contribution in [0.2, 0.25) is 0 Å². The van der Waals surface area contributed by atoms with Crippen LogP contribution in [0.15, 0.2) is 37.1 Å². The van der Waals surface area contributed by atoms with Gasteiger partial charge >= 0.3 is 0 Å². The van der Waals surface area contributed by atoms with Crippen LogP contribution in [0.3, 0.4) is 0 Å². The van der Waals surface area contributed by atoms with Gasteiger partial charge in [0.15, 0.2) is 5.13 Å². The number of rotatable bonds is 2. The van der Waals surface area contributed by atoms with Crippen LogP contribution in [-0.2, 0) is 0 Å². The number of pyridine rings is 1. The SMILES string of the molecule is O=C(c1ccncn1)N1CCCN(c2nc3cnccc3s2)CC1. The largest absolute Gasteiger partial charge is 0.346 e. The van der Waals surface area contributed by atoms with E-state index in [1.54, 1.807) is 36.0 Å². The standard InChI is InChI=1S/C16H16N6OS/c23-15(12-2-4-18-11-19-12)21-6-1-7-22(9-8-21)16-20-13-10-17-5-3-14(13)24-16/h2-5,10-11H,1,6-9H2. The summed E-state index contributed by atoms with van der Waals surface area (Å²) >= 11 is 1.67. The van der Waals surface area contributed by atoms with Gasteiger partial charge < -0.3 is 9.80 Å². The van der Waals surface area contributed by atoms with Crippen LogP contribution in [0.25, 0.3) is 10.2 Å². The first-order valence-electron chi connectivity index (χ1n) is 7.82. The number of thiazole rings is 1. The number of aromatic nitrogens is 4. The highest BCUT2D eigenvalue weighted by Crippen LogP contribution is 2.28. The van der Waals surface area contributed by atoms with Gasteiger partial charge in [-0.2, -0.15) is 0 Å². The minimum absolute atomic E-state index is 0.0345. The molecule has 122 valence electrons. The average molecular weight is 340 g/mol. The van der Waals surface area contributed by atoms with Crippen LogP contribution >= 0.6 is 11.3 Å². The molecule has 0 N–H and O–H groups in total. The molecule has 7 nitrogen and oxygen atoms in total. The Morgan fingerprint density at radius 2 is 2.00 bits per heavy atom. The third-order valence-electron chi connectivity index (χ3n) is 4.03. The highest BCUT2D eigenvalue weighted by molar-refractivity contribution is 7.22. The number of nitrogens with zero attached hydrogens (tertiary/aromatic N) is 6. The van der Waals surface area contributed by atoms with Crippen molar-refractivity contribution >= 4 is 32.6 Å². The molecule has 0 atom stereocenters. The van der Waals surface area contributed by atoms with Gasteiger partial charge in [0.2, 0.25) is 0 Å². The summed E-state index contributed by atoms with van der Waals surface area (Å²) in [6.07, 6.45) is 7.49. The highest BCUT2D eigenvalue weighted by Gasteiger charge is 2.22. The van der Waals surface area contributed by atoms with Crippen molar-refractivity contribution in [1.29, 1.82) is 0 Å². The molecule has 0 spiro atoms. The van der Waals surface area contributed by atoms with E-state index in [0.717, 1.165) is 41.4 Å². The second kappa shape index (κ2) is 6.48. The Labute approximate surface area is 143 Å². The van der Waals surface area contributed by atoms with Gasteiger partial charge in [-0.15, -0.1) is 0 Å². The summed E-state index contributed by atoms with van der Waals surface area (Å²) in [5, 5.41) is 0.995. The van der Waals surface area contributed by atoms with E-state index in [-0.39, 0.29) is 5.91 Å². The maximum atomic E-state index is 12.5. The smallest absolute Gasteiger partial charge is 0.272 e. The van der Waals surface area contributed by atoms with Crippen molar-refractivity contribution in [3.05, 3.63) is 42.7 Å². The first kappa shape index (κ1) is 14.9. The molecule has 3 aromatic rings. The van der Waals surface area contributed by atoms with Crippen LogP contribution in [0.5, 0.6) is 0 Å².